The minimum absolute atomic E-state index is 0.00265. The molecule has 7 aliphatic rings. The van der Waals surface area contributed by atoms with Crippen LogP contribution < -0.4 is 0 Å². The largest absolute Gasteiger partial charge is 0.391 e. The van der Waals surface area contributed by atoms with Gasteiger partial charge in [-0.15, -0.1) is 0 Å². The molecule has 7 rings (SSSR count). The lowest BCUT2D eigenvalue weighted by molar-refractivity contribution is -0.171. The Balaban J connectivity index is 1.50. The van der Waals surface area contributed by atoms with Gasteiger partial charge in [0.25, 0.3) is 11.8 Å². The van der Waals surface area contributed by atoms with Gasteiger partial charge in [0.05, 0.1) is 24.3 Å². The van der Waals surface area contributed by atoms with Crippen molar-refractivity contribution in [2.75, 3.05) is 0 Å². The molecule has 0 radical (unpaired) electrons. The standard InChI is InChI=1S/C18H20N2O6S2/c21-9-1-3-11(23)13-7(9)5-17-15(25)20-14-8(10(22)2-4-12(14)24)6-18(20,28-27-17)16(26)19(13)17/h7-8,11-14,23-24H,1-6H2/t7-,8-,11+,12+,13-,14-,17-,18-/m1/s1. The summed E-state index contributed by atoms with van der Waals surface area (Å²) < 4.78 is 0. The summed E-state index contributed by atoms with van der Waals surface area (Å²) in [5.74, 6) is -1.64. The molecular formula is C18H20N2O6S2. The SMILES string of the molecule is O=C1CC[C@H](O)[C@H]2[C@@H]1C[C@@]13SS[C@]4(C[C@@H]5C(=O)CC[C@H](O)[C@@H]5N4C1=O)C(=O)N23. The Morgan fingerprint density at radius 1 is 0.750 bits per heavy atom. The van der Waals surface area contributed by atoms with Crippen LogP contribution >= 0.6 is 21.6 Å². The van der Waals surface area contributed by atoms with E-state index in [9.17, 15) is 29.4 Å². The molecule has 2 bridgehead atoms. The van der Waals surface area contributed by atoms with Gasteiger partial charge in [0.1, 0.15) is 11.6 Å². The Bertz CT molecular complexity index is 784. The average Bonchev–Trinajstić information content (AvgIpc) is 3.22. The second-order valence-electron chi connectivity index (χ2n) is 8.83. The summed E-state index contributed by atoms with van der Waals surface area (Å²) >= 11 is 0. The Morgan fingerprint density at radius 2 is 1.14 bits per heavy atom. The second-order valence-corrected chi connectivity index (χ2v) is 11.5. The van der Waals surface area contributed by atoms with Crippen LogP contribution in [0.4, 0.5) is 0 Å². The number of piperazine rings is 1. The van der Waals surface area contributed by atoms with E-state index in [1.165, 1.54) is 31.4 Å². The number of aliphatic hydroxyl groups is 2. The third-order valence-electron chi connectivity index (χ3n) is 7.60. The first-order valence-corrected chi connectivity index (χ1v) is 11.9. The first kappa shape index (κ1) is 17.7. The lowest BCUT2D eigenvalue weighted by Gasteiger charge is -2.59. The van der Waals surface area contributed by atoms with Crippen molar-refractivity contribution in [2.45, 2.75) is 72.6 Å². The molecule has 150 valence electrons. The zero-order chi connectivity index (χ0) is 19.6. The zero-order valence-electron chi connectivity index (χ0n) is 14.9. The lowest BCUT2D eigenvalue weighted by Crippen LogP contribution is -2.77. The van der Waals surface area contributed by atoms with E-state index in [2.05, 4.69) is 0 Å². The van der Waals surface area contributed by atoms with Crippen molar-refractivity contribution >= 4 is 45.0 Å². The molecule has 0 unspecified atom stereocenters. The number of carbonyl (C=O) groups is 4. The Hall–Kier alpha value is -1.10. The second kappa shape index (κ2) is 5.33. The van der Waals surface area contributed by atoms with Crippen molar-refractivity contribution in [2.24, 2.45) is 11.8 Å². The molecule has 0 aromatic rings. The minimum atomic E-state index is -1.23. The van der Waals surface area contributed by atoms with E-state index in [0.29, 0.717) is 12.8 Å². The van der Waals surface area contributed by atoms with Crippen molar-refractivity contribution in [3.8, 4) is 0 Å². The van der Waals surface area contributed by atoms with Gasteiger partial charge in [-0.3, -0.25) is 19.2 Å². The monoisotopic (exact) mass is 424 g/mol. The highest BCUT2D eigenvalue weighted by Crippen LogP contribution is 2.69. The predicted octanol–water partition coefficient (Wildman–Crippen LogP) is -0.331. The van der Waals surface area contributed by atoms with Crippen molar-refractivity contribution in [3.05, 3.63) is 0 Å². The number of hydrogen-bond donors (Lipinski definition) is 2. The van der Waals surface area contributed by atoms with Crippen LogP contribution in [-0.4, -0.2) is 77.4 Å². The Labute approximate surface area is 168 Å². The van der Waals surface area contributed by atoms with E-state index in [0.717, 1.165) is 0 Å². The van der Waals surface area contributed by atoms with Gasteiger partial charge in [-0.1, -0.05) is 21.6 Å². The van der Waals surface area contributed by atoms with Crippen molar-refractivity contribution in [1.82, 2.24) is 9.80 Å². The number of rotatable bonds is 0. The fraction of sp³-hybridized carbons (Fsp3) is 0.778. The maximum absolute atomic E-state index is 13.8. The van der Waals surface area contributed by atoms with E-state index in [1.54, 1.807) is 0 Å². The topological polar surface area (TPSA) is 115 Å². The maximum Gasteiger partial charge on any atom is 0.261 e. The van der Waals surface area contributed by atoms with Gasteiger partial charge in [-0.25, -0.2) is 0 Å². The number of Topliss-reactive ketones (excluding diaryl/α,β-unsaturated/α-hetero) is 2. The van der Waals surface area contributed by atoms with E-state index >= 15 is 0 Å². The van der Waals surface area contributed by atoms with E-state index in [1.807, 2.05) is 0 Å². The number of fused-ring (bicyclic) bond motifs is 3. The summed E-state index contributed by atoms with van der Waals surface area (Å²) in [7, 11) is 2.60. The predicted molar refractivity (Wildman–Crippen MR) is 98.6 cm³/mol. The number of hydrogen-bond acceptors (Lipinski definition) is 8. The van der Waals surface area contributed by atoms with Crippen LogP contribution in [0.25, 0.3) is 0 Å². The van der Waals surface area contributed by atoms with Crippen LogP contribution in [0, 0.1) is 11.8 Å². The summed E-state index contributed by atoms with van der Waals surface area (Å²) in [6, 6.07) is -1.35. The molecule has 5 saturated heterocycles. The number of nitrogens with zero attached hydrogens (tertiary/aromatic N) is 2. The van der Waals surface area contributed by atoms with E-state index in [-0.39, 0.29) is 49.1 Å². The van der Waals surface area contributed by atoms with E-state index in [4.69, 9.17) is 0 Å². The summed E-state index contributed by atoms with van der Waals surface area (Å²) in [6.07, 6.45) is -0.142. The summed E-state index contributed by atoms with van der Waals surface area (Å²) in [5.41, 5.74) is 0. The van der Waals surface area contributed by atoms with Crippen LogP contribution in [0.1, 0.15) is 38.5 Å². The van der Waals surface area contributed by atoms with Gasteiger partial charge >= 0.3 is 0 Å². The third kappa shape index (κ3) is 1.76. The molecule has 8 nitrogen and oxygen atoms in total. The molecule has 2 N–H and O–H groups in total. The highest BCUT2D eigenvalue weighted by Gasteiger charge is 2.79. The van der Waals surface area contributed by atoms with Gasteiger partial charge in [0.15, 0.2) is 9.74 Å². The first-order chi connectivity index (χ1) is 13.3. The molecule has 5 heterocycles. The molecule has 5 aliphatic heterocycles. The molecule has 2 aliphatic carbocycles. The maximum atomic E-state index is 13.8. The average molecular weight is 425 g/mol. The minimum Gasteiger partial charge on any atom is -0.391 e. The molecule has 2 saturated carbocycles. The van der Waals surface area contributed by atoms with Crippen LogP contribution in [-0.2, 0) is 19.2 Å². The normalized spacial score (nSPS) is 51.9. The quantitative estimate of drug-likeness (QED) is 0.508. The summed E-state index contributed by atoms with van der Waals surface area (Å²) in [6.45, 7) is 0. The van der Waals surface area contributed by atoms with Crippen LogP contribution in [0.15, 0.2) is 0 Å². The van der Waals surface area contributed by atoms with Crippen LogP contribution in [0.3, 0.4) is 0 Å². The van der Waals surface area contributed by atoms with Crippen molar-refractivity contribution in [3.63, 3.8) is 0 Å². The first-order valence-electron chi connectivity index (χ1n) is 9.78. The van der Waals surface area contributed by atoms with E-state index < -0.39 is 45.9 Å². The number of carbonyl (C=O) groups excluding carboxylic acids is 4. The van der Waals surface area contributed by atoms with Crippen molar-refractivity contribution < 1.29 is 29.4 Å². The molecule has 28 heavy (non-hydrogen) atoms. The van der Waals surface area contributed by atoms with Crippen LogP contribution in [0.5, 0.6) is 0 Å². The fourth-order valence-electron chi connectivity index (χ4n) is 6.37. The molecule has 2 amide bonds. The summed E-state index contributed by atoms with van der Waals surface area (Å²) in [4.78, 5) is 53.1. The smallest absolute Gasteiger partial charge is 0.261 e. The third-order valence-corrected chi connectivity index (χ3v) is 11.2. The highest BCUT2D eigenvalue weighted by molar-refractivity contribution is 8.78. The zero-order valence-corrected chi connectivity index (χ0v) is 16.6. The Kier molecular flexibility index (Phi) is 3.37. The molecule has 10 heteroatoms. The molecule has 0 aromatic heterocycles. The van der Waals surface area contributed by atoms with Gasteiger partial charge < -0.3 is 20.0 Å². The number of aliphatic hydroxyl groups excluding tert-OH is 2. The van der Waals surface area contributed by atoms with Gasteiger partial charge in [-0.2, -0.15) is 0 Å². The molecule has 7 fully saturated rings. The summed E-state index contributed by atoms with van der Waals surface area (Å²) in [5, 5.41) is 21.2. The number of amides is 2. The van der Waals surface area contributed by atoms with Gasteiger partial charge in [0.2, 0.25) is 0 Å². The molecule has 8 atom stereocenters. The number of ketones is 2. The van der Waals surface area contributed by atoms with Gasteiger partial charge in [0, 0.05) is 37.5 Å². The van der Waals surface area contributed by atoms with Crippen molar-refractivity contribution in [1.29, 1.82) is 0 Å². The van der Waals surface area contributed by atoms with Crippen LogP contribution in [0.2, 0.25) is 0 Å². The van der Waals surface area contributed by atoms with Gasteiger partial charge in [-0.05, 0) is 12.8 Å². The Morgan fingerprint density at radius 3 is 1.54 bits per heavy atom. The molecule has 0 aromatic carbocycles. The lowest BCUT2D eigenvalue weighted by atomic mass is 9.80. The highest BCUT2D eigenvalue weighted by atomic mass is 33.1. The molecule has 2 spiro atoms. The fourth-order valence-corrected chi connectivity index (χ4v) is 10.2. The molecular weight excluding hydrogens is 404 g/mol.